The molecule has 0 aliphatic carbocycles. The fraction of sp³-hybridized carbons (Fsp3) is 0.167. The number of ether oxygens (including phenoxy) is 1. The van der Waals surface area contributed by atoms with Crippen LogP contribution in [0, 0.1) is 0 Å². The van der Waals surface area contributed by atoms with E-state index in [0.29, 0.717) is 10.9 Å². The van der Waals surface area contributed by atoms with Crippen LogP contribution in [-0.2, 0) is 9.53 Å². The number of hydrogen-bond donors (Lipinski definition) is 1. The van der Waals surface area contributed by atoms with Crippen molar-refractivity contribution in [2.45, 2.75) is 6.92 Å². The molecule has 0 saturated carbocycles. The maximum Gasteiger partial charge on any atom is 0.379 e. The molecular formula is C12H10BrNO3. The van der Waals surface area contributed by atoms with Gasteiger partial charge >= 0.3 is 5.97 Å². The van der Waals surface area contributed by atoms with Crippen LogP contribution in [0.15, 0.2) is 28.9 Å². The number of aromatic nitrogens is 1. The topological polar surface area (TPSA) is 59.2 Å². The van der Waals surface area contributed by atoms with Crippen LogP contribution in [0.25, 0.3) is 10.9 Å². The quantitative estimate of drug-likeness (QED) is 0.538. The normalized spacial score (nSPS) is 10.5. The van der Waals surface area contributed by atoms with Gasteiger partial charge in [-0.2, -0.15) is 0 Å². The third-order valence-electron chi connectivity index (χ3n) is 2.35. The summed E-state index contributed by atoms with van der Waals surface area (Å²) in [7, 11) is 0. The highest BCUT2D eigenvalue weighted by Crippen LogP contribution is 2.22. The van der Waals surface area contributed by atoms with Crippen molar-refractivity contribution in [3.8, 4) is 0 Å². The number of carbonyl (C=O) groups is 2. The van der Waals surface area contributed by atoms with Gasteiger partial charge in [0, 0.05) is 21.6 Å². The molecule has 1 aromatic heterocycles. The molecule has 0 unspecified atom stereocenters. The summed E-state index contributed by atoms with van der Waals surface area (Å²) in [5.74, 6) is -1.45. The van der Waals surface area contributed by atoms with E-state index in [2.05, 4.69) is 25.7 Å². The van der Waals surface area contributed by atoms with Crippen molar-refractivity contribution in [1.82, 2.24) is 4.98 Å². The van der Waals surface area contributed by atoms with Crippen LogP contribution >= 0.6 is 15.9 Å². The smallest absolute Gasteiger partial charge is 0.379 e. The van der Waals surface area contributed by atoms with E-state index in [1.54, 1.807) is 13.0 Å². The van der Waals surface area contributed by atoms with Gasteiger partial charge in [0.2, 0.25) is 0 Å². The number of Topliss-reactive ketones (excluding diaryl/α,β-unsaturated/α-hetero) is 1. The number of rotatable bonds is 3. The molecule has 0 atom stereocenters. The fourth-order valence-corrected chi connectivity index (χ4v) is 1.95. The third-order valence-corrected chi connectivity index (χ3v) is 2.84. The first-order valence-electron chi connectivity index (χ1n) is 5.11. The number of nitrogens with one attached hydrogen (secondary N) is 1. The van der Waals surface area contributed by atoms with Crippen LogP contribution < -0.4 is 0 Å². The van der Waals surface area contributed by atoms with Crippen molar-refractivity contribution in [3.05, 3.63) is 34.4 Å². The average Bonchev–Trinajstić information content (AvgIpc) is 2.71. The lowest BCUT2D eigenvalue weighted by Gasteiger charge is -1.99. The van der Waals surface area contributed by atoms with E-state index in [-0.39, 0.29) is 6.61 Å². The Balaban J connectivity index is 2.43. The van der Waals surface area contributed by atoms with E-state index in [1.165, 1.54) is 6.20 Å². The Kier molecular flexibility index (Phi) is 3.28. The molecule has 0 radical (unpaired) electrons. The largest absolute Gasteiger partial charge is 0.460 e. The number of esters is 1. The van der Waals surface area contributed by atoms with Crippen molar-refractivity contribution >= 4 is 38.6 Å². The summed E-state index contributed by atoms with van der Waals surface area (Å²) in [6, 6.07) is 5.44. The molecule has 0 amide bonds. The zero-order valence-corrected chi connectivity index (χ0v) is 10.7. The average molecular weight is 296 g/mol. The van der Waals surface area contributed by atoms with E-state index < -0.39 is 11.8 Å². The summed E-state index contributed by atoms with van der Waals surface area (Å²) < 4.78 is 5.59. The second-order valence-electron chi connectivity index (χ2n) is 3.44. The molecule has 17 heavy (non-hydrogen) atoms. The van der Waals surface area contributed by atoms with Gasteiger partial charge in [-0.15, -0.1) is 0 Å². The van der Waals surface area contributed by atoms with Crippen molar-refractivity contribution in [3.63, 3.8) is 0 Å². The van der Waals surface area contributed by atoms with Gasteiger partial charge in [0.25, 0.3) is 5.78 Å². The molecular weight excluding hydrogens is 286 g/mol. The summed E-state index contributed by atoms with van der Waals surface area (Å²) in [4.78, 5) is 26.1. The number of benzene rings is 1. The Hall–Kier alpha value is -1.62. The Labute approximate surface area is 106 Å². The van der Waals surface area contributed by atoms with Crippen molar-refractivity contribution in [1.29, 1.82) is 0 Å². The second kappa shape index (κ2) is 4.71. The monoisotopic (exact) mass is 295 g/mol. The number of fused-ring (bicyclic) bond motifs is 1. The first-order valence-corrected chi connectivity index (χ1v) is 5.91. The molecule has 88 valence electrons. The lowest BCUT2D eigenvalue weighted by atomic mass is 10.1. The van der Waals surface area contributed by atoms with Gasteiger partial charge < -0.3 is 9.72 Å². The zero-order chi connectivity index (χ0) is 12.4. The van der Waals surface area contributed by atoms with Crippen LogP contribution in [-0.4, -0.2) is 23.3 Å². The summed E-state index contributed by atoms with van der Waals surface area (Å²) in [6.45, 7) is 1.86. The predicted molar refractivity (Wildman–Crippen MR) is 67.0 cm³/mol. The number of halogens is 1. The SMILES string of the molecule is CCOC(=O)C(=O)c1c[nH]c2cc(Br)ccc12. The molecule has 1 N–H and O–H groups in total. The molecule has 4 nitrogen and oxygen atoms in total. The first-order chi connectivity index (χ1) is 8.13. The van der Waals surface area contributed by atoms with E-state index in [0.717, 1.165) is 9.99 Å². The van der Waals surface area contributed by atoms with Gasteiger partial charge in [0.15, 0.2) is 0 Å². The zero-order valence-electron chi connectivity index (χ0n) is 9.12. The number of aromatic amines is 1. The maximum absolute atomic E-state index is 11.8. The highest BCUT2D eigenvalue weighted by Gasteiger charge is 2.20. The number of H-pyrrole nitrogens is 1. The van der Waals surface area contributed by atoms with Gasteiger partial charge in [-0.1, -0.05) is 22.0 Å². The van der Waals surface area contributed by atoms with Crippen molar-refractivity contribution in [2.75, 3.05) is 6.61 Å². The van der Waals surface area contributed by atoms with Crippen LogP contribution in [0.2, 0.25) is 0 Å². The van der Waals surface area contributed by atoms with E-state index >= 15 is 0 Å². The summed E-state index contributed by atoms with van der Waals surface area (Å²) in [6.07, 6.45) is 1.52. The molecule has 0 saturated heterocycles. The Morgan fingerprint density at radius 3 is 2.88 bits per heavy atom. The third kappa shape index (κ3) is 2.24. The highest BCUT2D eigenvalue weighted by molar-refractivity contribution is 9.10. The minimum absolute atomic E-state index is 0.193. The molecule has 1 aromatic carbocycles. The highest BCUT2D eigenvalue weighted by atomic mass is 79.9. The summed E-state index contributed by atoms with van der Waals surface area (Å²) >= 11 is 3.34. The van der Waals surface area contributed by atoms with Crippen molar-refractivity contribution < 1.29 is 14.3 Å². The number of carbonyl (C=O) groups excluding carboxylic acids is 2. The fourth-order valence-electron chi connectivity index (χ4n) is 1.59. The van der Waals surface area contributed by atoms with E-state index in [9.17, 15) is 9.59 Å². The van der Waals surface area contributed by atoms with Gasteiger partial charge in [-0.3, -0.25) is 4.79 Å². The van der Waals surface area contributed by atoms with Crippen LogP contribution in [0.1, 0.15) is 17.3 Å². The van der Waals surface area contributed by atoms with Crippen LogP contribution in [0.3, 0.4) is 0 Å². The maximum atomic E-state index is 11.8. The summed E-state index contributed by atoms with van der Waals surface area (Å²) in [5.41, 5.74) is 1.14. The van der Waals surface area contributed by atoms with E-state index in [4.69, 9.17) is 0 Å². The lowest BCUT2D eigenvalue weighted by Crippen LogP contribution is -2.17. The van der Waals surface area contributed by atoms with Gasteiger partial charge in [0.1, 0.15) is 0 Å². The molecule has 0 spiro atoms. The molecule has 5 heteroatoms. The molecule has 1 heterocycles. The predicted octanol–water partition coefficient (Wildman–Crippen LogP) is 2.68. The molecule has 2 aromatic rings. The van der Waals surface area contributed by atoms with Crippen molar-refractivity contribution in [2.24, 2.45) is 0 Å². The van der Waals surface area contributed by atoms with E-state index in [1.807, 2.05) is 12.1 Å². The number of ketones is 1. The standard InChI is InChI=1S/C12H10BrNO3/c1-2-17-12(16)11(15)9-6-14-10-5-7(13)3-4-8(9)10/h3-6,14H,2H2,1H3. The van der Waals surface area contributed by atoms with Crippen LogP contribution in [0.4, 0.5) is 0 Å². The Bertz CT molecular complexity index is 588. The minimum Gasteiger partial charge on any atom is -0.460 e. The van der Waals surface area contributed by atoms with Gasteiger partial charge in [0.05, 0.1) is 12.2 Å². The molecule has 0 fully saturated rings. The second-order valence-corrected chi connectivity index (χ2v) is 4.36. The van der Waals surface area contributed by atoms with Gasteiger partial charge in [-0.25, -0.2) is 4.79 Å². The first kappa shape index (κ1) is 11.9. The molecule has 0 aliphatic heterocycles. The molecule has 0 bridgehead atoms. The number of hydrogen-bond acceptors (Lipinski definition) is 3. The Morgan fingerprint density at radius 1 is 1.41 bits per heavy atom. The van der Waals surface area contributed by atoms with Crippen LogP contribution in [0.5, 0.6) is 0 Å². The molecule has 2 rings (SSSR count). The minimum atomic E-state index is -0.823. The van der Waals surface area contributed by atoms with Gasteiger partial charge in [-0.05, 0) is 19.1 Å². The lowest BCUT2D eigenvalue weighted by molar-refractivity contribution is -0.137. The molecule has 0 aliphatic rings. The Morgan fingerprint density at radius 2 is 2.18 bits per heavy atom. The summed E-state index contributed by atoms with van der Waals surface area (Å²) in [5, 5.41) is 0.714.